The normalized spacial score (nSPS) is 15.4. The van der Waals surface area contributed by atoms with Gasteiger partial charge in [0.1, 0.15) is 11.8 Å². The number of nitrogens with one attached hydrogen (secondary N) is 1. The summed E-state index contributed by atoms with van der Waals surface area (Å²) in [6, 6.07) is 6.00. The van der Waals surface area contributed by atoms with Gasteiger partial charge in [0.15, 0.2) is 5.13 Å². The first-order valence-corrected chi connectivity index (χ1v) is 11.7. The van der Waals surface area contributed by atoms with Crippen molar-refractivity contribution in [1.82, 2.24) is 24.6 Å². The van der Waals surface area contributed by atoms with Crippen LogP contribution in [0.3, 0.4) is 0 Å². The zero-order chi connectivity index (χ0) is 22.0. The number of hydrogen-bond donors (Lipinski definition) is 1. The minimum Gasteiger partial charge on any atom is -0.330 e. The molecule has 0 spiro atoms. The largest absolute Gasteiger partial charge is 0.330 e. The monoisotopic (exact) mass is 435 g/mol. The summed E-state index contributed by atoms with van der Waals surface area (Å²) in [5.74, 6) is 0.503. The van der Waals surface area contributed by atoms with Gasteiger partial charge in [-0.05, 0) is 65.8 Å². The van der Waals surface area contributed by atoms with Crippen LogP contribution in [0.5, 0.6) is 0 Å². The first-order valence-electron chi connectivity index (χ1n) is 10.8. The Morgan fingerprint density at radius 3 is 2.65 bits per heavy atom. The fourth-order valence-corrected chi connectivity index (χ4v) is 5.04. The maximum Gasteiger partial charge on any atom is 0.187 e. The van der Waals surface area contributed by atoms with Gasteiger partial charge in [0.2, 0.25) is 0 Å². The number of nitrogens with zero attached hydrogens (tertiary/aromatic N) is 6. The molecule has 0 aromatic carbocycles. The molecule has 1 N–H and O–H groups in total. The van der Waals surface area contributed by atoms with Crippen LogP contribution < -0.4 is 5.32 Å². The summed E-state index contributed by atoms with van der Waals surface area (Å²) in [7, 11) is 0. The van der Waals surface area contributed by atoms with E-state index in [9.17, 15) is 0 Å². The fourth-order valence-electron chi connectivity index (χ4n) is 4.23. The lowest BCUT2D eigenvalue weighted by Gasteiger charge is -2.31. The highest BCUT2D eigenvalue weighted by molar-refractivity contribution is 7.13. The number of aromatic nitrogens is 4. The van der Waals surface area contributed by atoms with Gasteiger partial charge in [-0.25, -0.2) is 9.97 Å². The van der Waals surface area contributed by atoms with Crippen LogP contribution in [0.1, 0.15) is 67.0 Å². The first-order chi connectivity index (χ1) is 14.9. The topological polar surface area (TPSA) is 82.7 Å². The number of thiazole rings is 1. The van der Waals surface area contributed by atoms with Crippen molar-refractivity contribution in [2.24, 2.45) is 0 Å². The molecule has 4 rings (SSSR count). The smallest absolute Gasteiger partial charge is 0.187 e. The molecule has 7 nitrogen and oxygen atoms in total. The molecule has 0 bridgehead atoms. The third-order valence-electron chi connectivity index (χ3n) is 6.00. The van der Waals surface area contributed by atoms with Crippen molar-refractivity contribution in [3.05, 3.63) is 52.0 Å². The van der Waals surface area contributed by atoms with Gasteiger partial charge in [-0.2, -0.15) is 10.4 Å². The van der Waals surface area contributed by atoms with E-state index in [1.165, 1.54) is 17.0 Å². The lowest BCUT2D eigenvalue weighted by molar-refractivity contribution is 0.203. The summed E-state index contributed by atoms with van der Waals surface area (Å²) in [6.07, 6.45) is 3.92. The van der Waals surface area contributed by atoms with Crippen LogP contribution in [0.15, 0.2) is 23.7 Å². The molecule has 162 valence electrons. The molecule has 31 heavy (non-hydrogen) atoms. The second-order valence-corrected chi connectivity index (χ2v) is 9.34. The van der Waals surface area contributed by atoms with Crippen LogP contribution in [-0.4, -0.2) is 37.7 Å². The van der Waals surface area contributed by atoms with E-state index in [0.717, 1.165) is 49.0 Å². The SMILES string of the molecule is Cc1nn(C(C)C)c(C)c1CN1CCC(c2csc(Nc3ccc(C#N)nc3)n2)CC1. The lowest BCUT2D eigenvalue weighted by Crippen LogP contribution is -2.32. The van der Waals surface area contributed by atoms with Gasteiger partial charge in [0.25, 0.3) is 0 Å². The van der Waals surface area contributed by atoms with Gasteiger partial charge in [-0.1, -0.05) is 0 Å². The maximum absolute atomic E-state index is 8.87. The Balaban J connectivity index is 1.34. The Morgan fingerprint density at radius 1 is 1.26 bits per heavy atom. The van der Waals surface area contributed by atoms with E-state index in [1.54, 1.807) is 23.6 Å². The number of aryl methyl sites for hydroxylation is 1. The molecule has 0 amide bonds. The van der Waals surface area contributed by atoms with Crippen molar-refractivity contribution in [3.8, 4) is 6.07 Å². The number of rotatable bonds is 6. The zero-order valence-electron chi connectivity index (χ0n) is 18.6. The molecule has 0 saturated carbocycles. The van der Waals surface area contributed by atoms with Crippen LogP contribution in [0.25, 0.3) is 0 Å². The summed E-state index contributed by atoms with van der Waals surface area (Å²) in [5, 5.41) is 19.9. The van der Waals surface area contributed by atoms with Gasteiger partial charge in [-0.15, -0.1) is 11.3 Å². The second kappa shape index (κ2) is 9.16. The molecule has 0 radical (unpaired) electrons. The van der Waals surface area contributed by atoms with Gasteiger partial charge in [0, 0.05) is 35.1 Å². The second-order valence-electron chi connectivity index (χ2n) is 8.48. The van der Waals surface area contributed by atoms with Crippen LogP contribution in [0.2, 0.25) is 0 Å². The molecule has 3 aromatic rings. The summed E-state index contributed by atoms with van der Waals surface area (Å²) in [4.78, 5) is 11.5. The standard InChI is InChI=1S/C23H29N7S/c1-15(2)30-17(4)21(16(3)28-30)13-29-9-7-18(8-10-29)22-14-31-23(27-22)26-20-6-5-19(11-24)25-12-20/h5-6,12,14-15,18H,7-10,13H2,1-4H3,(H,26,27). The third-order valence-corrected chi connectivity index (χ3v) is 6.78. The van der Waals surface area contributed by atoms with Crippen molar-refractivity contribution in [1.29, 1.82) is 5.26 Å². The highest BCUT2D eigenvalue weighted by Gasteiger charge is 2.24. The van der Waals surface area contributed by atoms with E-state index in [-0.39, 0.29) is 0 Å². The Hall–Kier alpha value is -2.76. The minimum absolute atomic E-state index is 0.394. The molecular formula is C23H29N7S. The molecule has 1 aliphatic rings. The molecule has 3 aromatic heterocycles. The molecule has 0 aliphatic carbocycles. The first kappa shape index (κ1) is 21.5. The Morgan fingerprint density at radius 2 is 2.03 bits per heavy atom. The van der Waals surface area contributed by atoms with E-state index >= 15 is 0 Å². The number of piperidine rings is 1. The van der Waals surface area contributed by atoms with E-state index < -0.39 is 0 Å². The van der Waals surface area contributed by atoms with Gasteiger partial charge >= 0.3 is 0 Å². The molecule has 1 fully saturated rings. The number of likely N-dealkylation sites (tertiary alicyclic amines) is 1. The Bertz CT molecular complexity index is 1070. The third kappa shape index (κ3) is 4.78. The predicted octanol–water partition coefficient (Wildman–Crippen LogP) is 4.93. The number of pyridine rings is 1. The average molecular weight is 436 g/mol. The summed E-state index contributed by atoms with van der Waals surface area (Å²) in [5.41, 5.74) is 6.27. The average Bonchev–Trinajstić information content (AvgIpc) is 3.35. The van der Waals surface area contributed by atoms with E-state index in [4.69, 9.17) is 15.3 Å². The molecule has 0 atom stereocenters. The van der Waals surface area contributed by atoms with Gasteiger partial charge in [0.05, 0.1) is 23.3 Å². The fraction of sp³-hybridized carbons (Fsp3) is 0.478. The summed E-state index contributed by atoms with van der Waals surface area (Å²) < 4.78 is 2.14. The zero-order valence-corrected chi connectivity index (χ0v) is 19.4. The molecule has 1 aliphatic heterocycles. The van der Waals surface area contributed by atoms with Crippen molar-refractivity contribution in [2.45, 2.75) is 59.0 Å². The Labute approximate surface area is 187 Å². The van der Waals surface area contributed by atoms with Crippen molar-refractivity contribution < 1.29 is 0 Å². The van der Waals surface area contributed by atoms with E-state index in [0.29, 0.717) is 17.7 Å². The van der Waals surface area contributed by atoms with Crippen LogP contribution >= 0.6 is 11.3 Å². The van der Waals surface area contributed by atoms with Crippen molar-refractivity contribution in [2.75, 3.05) is 18.4 Å². The summed E-state index contributed by atoms with van der Waals surface area (Å²) in [6.45, 7) is 11.8. The lowest BCUT2D eigenvalue weighted by atomic mass is 9.94. The van der Waals surface area contributed by atoms with Crippen LogP contribution in [0.4, 0.5) is 10.8 Å². The number of nitriles is 1. The Kier molecular flexibility index (Phi) is 6.35. The quantitative estimate of drug-likeness (QED) is 0.591. The number of anilines is 2. The van der Waals surface area contributed by atoms with Crippen LogP contribution in [0, 0.1) is 25.2 Å². The maximum atomic E-state index is 8.87. The number of hydrogen-bond acceptors (Lipinski definition) is 7. The van der Waals surface area contributed by atoms with E-state index in [2.05, 4.69) is 53.0 Å². The van der Waals surface area contributed by atoms with E-state index in [1.807, 2.05) is 12.1 Å². The van der Waals surface area contributed by atoms with Gasteiger partial charge in [-0.3, -0.25) is 9.58 Å². The summed E-state index contributed by atoms with van der Waals surface area (Å²) >= 11 is 1.62. The molecule has 1 saturated heterocycles. The van der Waals surface area contributed by atoms with Crippen LogP contribution in [-0.2, 0) is 6.54 Å². The predicted molar refractivity (Wildman–Crippen MR) is 124 cm³/mol. The highest BCUT2D eigenvalue weighted by atomic mass is 32.1. The minimum atomic E-state index is 0.394. The van der Waals surface area contributed by atoms with Gasteiger partial charge < -0.3 is 5.32 Å². The van der Waals surface area contributed by atoms with Crippen molar-refractivity contribution in [3.63, 3.8) is 0 Å². The molecule has 0 unspecified atom stereocenters. The molecule has 8 heteroatoms. The highest BCUT2D eigenvalue weighted by Crippen LogP contribution is 2.32. The molecule has 4 heterocycles. The van der Waals surface area contributed by atoms with Crippen molar-refractivity contribution >= 4 is 22.2 Å². The molecular weight excluding hydrogens is 406 g/mol.